The predicted molar refractivity (Wildman–Crippen MR) is 96.2 cm³/mol. The van der Waals surface area contributed by atoms with Crippen molar-refractivity contribution in [2.45, 2.75) is 65.0 Å². The Balaban J connectivity index is 2.15. The summed E-state index contributed by atoms with van der Waals surface area (Å²) in [5.41, 5.74) is 0. The highest BCUT2D eigenvalue weighted by molar-refractivity contribution is 6.86. The molecular formula is C14H34N2O2Si3. The highest BCUT2D eigenvalue weighted by atomic mass is 28.5. The third-order valence-corrected chi connectivity index (χ3v) is 15.5. The van der Waals surface area contributed by atoms with Crippen molar-refractivity contribution in [2.24, 2.45) is 0 Å². The van der Waals surface area contributed by atoms with Gasteiger partial charge in [-0.3, -0.25) is 9.13 Å². The molecule has 0 aromatic rings. The molecule has 2 aliphatic rings. The first-order valence-electron chi connectivity index (χ1n) is 8.53. The molecule has 0 aliphatic carbocycles. The average Bonchev–Trinajstić information content (AvgIpc) is 2.99. The summed E-state index contributed by atoms with van der Waals surface area (Å²) in [7, 11) is -5.61. The fraction of sp³-hybridized carbons (Fsp3) is 1.00. The topological polar surface area (TPSA) is 24.9 Å². The molecule has 0 N–H and O–H groups in total. The van der Waals surface area contributed by atoms with Gasteiger partial charge in [-0.15, -0.1) is 0 Å². The van der Waals surface area contributed by atoms with E-state index < -0.39 is 25.5 Å². The Hall–Kier alpha value is 0.491. The molecule has 0 saturated carbocycles. The second-order valence-electron chi connectivity index (χ2n) is 8.04. The predicted octanol–water partition coefficient (Wildman–Crippen LogP) is 3.32. The quantitative estimate of drug-likeness (QED) is 0.689. The van der Waals surface area contributed by atoms with Crippen molar-refractivity contribution in [3.8, 4) is 0 Å². The monoisotopic (exact) mass is 346 g/mol. The van der Waals surface area contributed by atoms with E-state index in [9.17, 15) is 0 Å². The molecule has 0 radical (unpaired) electrons. The minimum Gasteiger partial charge on any atom is -0.437 e. The van der Waals surface area contributed by atoms with E-state index in [4.69, 9.17) is 8.23 Å². The molecule has 0 bridgehead atoms. The molecule has 0 amide bonds. The summed E-state index contributed by atoms with van der Waals surface area (Å²) in [6.07, 6.45) is 5.32. The third kappa shape index (κ3) is 4.73. The summed E-state index contributed by atoms with van der Waals surface area (Å²) in [6, 6.07) is 0. The molecule has 124 valence electrons. The van der Waals surface area contributed by atoms with Crippen LogP contribution in [0.2, 0.25) is 39.3 Å². The Morgan fingerprint density at radius 3 is 1.33 bits per heavy atom. The van der Waals surface area contributed by atoms with Gasteiger partial charge in [-0.25, -0.2) is 0 Å². The van der Waals surface area contributed by atoms with Crippen LogP contribution in [0.25, 0.3) is 0 Å². The largest absolute Gasteiger partial charge is 0.437 e. The van der Waals surface area contributed by atoms with Crippen molar-refractivity contribution < 1.29 is 8.23 Å². The van der Waals surface area contributed by atoms with Crippen LogP contribution >= 0.6 is 0 Å². The van der Waals surface area contributed by atoms with Gasteiger partial charge in [0.1, 0.15) is 0 Å². The summed E-state index contributed by atoms with van der Waals surface area (Å²) >= 11 is 0. The first-order chi connectivity index (χ1) is 9.62. The summed E-state index contributed by atoms with van der Waals surface area (Å²) in [6.45, 7) is 18.6. The lowest BCUT2D eigenvalue weighted by Crippen LogP contribution is -2.68. The number of rotatable bonds is 6. The maximum Gasteiger partial charge on any atom is 0.345 e. The average molecular weight is 347 g/mol. The molecule has 0 aromatic heterocycles. The van der Waals surface area contributed by atoms with Crippen LogP contribution in [0, 0.1) is 0 Å². The molecule has 0 unspecified atom stereocenters. The van der Waals surface area contributed by atoms with Gasteiger partial charge in [0.25, 0.3) is 0 Å². The van der Waals surface area contributed by atoms with Crippen molar-refractivity contribution in [3.05, 3.63) is 0 Å². The highest BCUT2D eigenvalue weighted by Gasteiger charge is 2.50. The molecule has 2 rings (SSSR count). The summed E-state index contributed by atoms with van der Waals surface area (Å²) in [5.74, 6) is 0. The standard InChI is InChI=1S/C14H34N2O2Si3/c1-19(2,3)17-20(4,5)18-21(6,15-11-7-8-12-15)16-13-9-10-14-16/h7-14H2,1-6H3. The number of hydrogen-bond acceptors (Lipinski definition) is 4. The molecular weight excluding hydrogens is 312 g/mol. The SMILES string of the molecule is C[Si](C)(C)O[Si](C)(C)O[Si](C)(N1CCCC1)N1CCCC1. The van der Waals surface area contributed by atoms with Gasteiger partial charge in [-0.1, -0.05) is 0 Å². The molecule has 2 fully saturated rings. The number of nitrogens with zero attached hydrogens (tertiary/aromatic N) is 2. The van der Waals surface area contributed by atoms with Crippen molar-refractivity contribution in [2.75, 3.05) is 26.2 Å². The maximum absolute atomic E-state index is 6.91. The zero-order valence-corrected chi connectivity index (χ0v) is 17.9. The van der Waals surface area contributed by atoms with E-state index in [1.165, 1.54) is 51.9 Å². The van der Waals surface area contributed by atoms with Gasteiger partial charge in [-0.05, 0) is 91.1 Å². The summed E-state index contributed by atoms with van der Waals surface area (Å²) < 4.78 is 18.8. The Labute approximate surface area is 134 Å². The lowest BCUT2D eigenvalue weighted by Gasteiger charge is -2.47. The van der Waals surface area contributed by atoms with Crippen LogP contribution in [-0.2, 0) is 8.23 Å². The summed E-state index contributed by atoms with van der Waals surface area (Å²) in [5, 5.41) is 0. The molecule has 21 heavy (non-hydrogen) atoms. The van der Waals surface area contributed by atoms with E-state index in [0.29, 0.717) is 0 Å². The molecule has 0 aromatic carbocycles. The smallest absolute Gasteiger partial charge is 0.345 e. The molecule has 0 atom stereocenters. The first kappa shape index (κ1) is 17.8. The van der Waals surface area contributed by atoms with Gasteiger partial charge in [-0.2, -0.15) is 0 Å². The van der Waals surface area contributed by atoms with E-state index in [1.54, 1.807) is 0 Å². The van der Waals surface area contributed by atoms with E-state index >= 15 is 0 Å². The first-order valence-corrected chi connectivity index (χ1v) is 17.1. The van der Waals surface area contributed by atoms with Gasteiger partial charge in [0.2, 0.25) is 0 Å². The minimum absolute atomic E-state index is 1.22. The molecule has 4 nitrogen and oxygen atoms in total. The third-order valence-electron chi connectivity index (χ3n) is 4.38. The van der Waals surface area contributed by atoms with E-state index in [1.807, 2.05) is 0 Å². The van der Waals surface area contributed by atoms with Crippen LogP contribution in [-0.4, -0.2) is 60.8 Å². The molecule has 7 heteroatoms. The zero-order valence-electron chi connectivity index (χ0n) is 14.9. The van der Waals surface area contributed by atoms with Crippen molar-refractivity contribution in [1.29, 1.82) is 0 Å². The minimum atomic E-state index is -2.07. The molecule has 2 aliphatic heterocycles. The molecule has 2 heterocycles. The van der Waals surface area contributed by atoms with E-state index in [-0.39, 0.29) is 0 Å². The van der Waals surface area contributed by atoms with Crippen LogP contribution in [0.3, 0.4) is 0 Å². The van der Waals surface area contributed by atoms with Crippen molar-refractivity contribution >= 4 is 25.5 Å². The Bertz CT molecular complexity index is 333. The van der Waals surface area contributed by atoms with Crippen molar-refractivity contribution in [3.63, 3.8) is 0 Å². The fourth-order valence-corrected chi connectivity index (χ4v) is 17.7. The second-order valence-corrected chi connectivity index (χ2v) is 19.8. The van der Waals surface area contributed by atoms with Gasteiger partial charge >= 0.3 is 17.2 Å². The Morgan fingerprint density at radius 2 is 1.00 bits per heavy atom. The molecule has 0 spiro atoms. The van der Waals surface area contributed by atoms with Crippen LogP contribution in [0.1, 0.15) is 25.7 Å². The maximum atomic E-state index is 6.91. The van der Waals surface area contributed by atoms with Crippen LogP contribution in [0.15, 0.2) is 0 Å². The zero-order chi connectivity index (χ0) is 15.7. The van der Waals surface area contributed by atoms with Crippen LogP contribution in [0.5, 0.6) is 0 Å². The fourth-order valence-electron chi connectivity index (χ4n) is 3.82. The van der Waals surface area contributed by atoms with Crippen LogP contribution in [0.4, 0.5) is 0 Å². The normalized spacial score (nSPS) is 23.1. The second kappa shape index (κ2) is 6.54. The molecule has 2 saturated heterocycles. The Kier molecular flexibility index (Phi) is 5.56. The van der Waals surface area contributed by atoms with Crippen molar-refractivity contribution in [1.82, 2.24) is 9.13 Å². The van der Waals surface area contributed by atoms with Gasteiger partial charge in [0.15, 0.2) is 8.32 Å². The van der Waals surface area contributed by atoms with Gasteiger partial charge in [0, 0.05) is 0 Å². The Morgan fingerprint density at radius 1 is 0.619 bits per heavy atom. The number of hydrogen-bond donors (Lipinski definition) is 0. The van der Waals surface area contributed by atoms with Crippen LogP contribution < -0.4 is 0 Å². The summed E-state index contributed by atoms with van der Waals surface area (Å²) in [4.78, 5) is 0. The van der Waals surface area contributed by atoms with E-state index in [2.05, 4.69) is 48.4 Å². The lowest BCUT2D eigenvalue weighted by molar-refractivity contribution is 0.264. The van der Waals surface area contributed by atoms with Gasteiger partial charge in [0.05, 0.1) is 0 Å². The van der Waals surface area contributed by atoms with E-state index in [0.717, 1.165) is 0 Å². The van der Waals surface area contributed by atoms with Gasteiger partial charge < -0.3 is 8.23 Å². The lowest BCUT2D eigenvalue weighted by atomic mass is 10.4. The highest BCUT2D eigenvalue weighted by Crippen LogP contribution is 2.30.